The van der Waals surface area contributed by atoms with Crippen LogP contribution in [0.25, 0.3) is 16.9 Å². The van der Waals surface area contributed by atoms with E-state index in [4.69, 9.17) is 4.74 Å². The molecule has 3 aromatic rings. The molecular formula is C15H12F5N5O. The first-order valence-electron chi connectivity index (χ1n) is 7.36. The molecule has 3 rings (SSSR count). The monoisotopic (exact) mass is 373 g/mol. The minimum absolute atomic E-state index is 0.136. The number of pyridine rings is 1. The summed E-state index contributed by atoms with van der Waals surface area (Å²) in [4.78, 5) is 3.80. The Balaban J connectivity index is 1.90. The van der Waals surface area contributed by atoms with Gasteiger partial charge in [0, 0.05) is 24.8 Å². The van der Waals surface area contributed by atoms with E-state index in [9.17, 15) is 22.0 Å². The summed E-state index contributed by atoms with van der Waals surface area (Å²) in [5, 5.41) is 11.1. The number of halogens is 5. The van der Waals surface area contributed by atoms with Crippen LogP contribution >= 0.6 is 0 Å². The zero-order chi connectivity index (χ0) is 19.1. The van der Waals surface area contributed by atoms with Crippen LogP contribution in [0.1, 0.15) is 19.7 Å². The Morgan fingerprint density at radius 2 is 1.77 bits per heavy atom. The smallest absolute Gasteiger partial charge is 0.425 e. The second kappa shape index (κ2) is 6.15. The van der Waals surface area contributed by atoms with Gasteiger partial charge in [-0.15, -0.1) is 10.2 Å². The van der Waals surface area contributed by atoms with Crippen LogP contribution in [0.15, 0.2) is 30.5 Å². The van der Waals surface area contributed by atoms with Crippen molar-refractivity contribution in [2.45, 2.75) is 32.1 Å². The van der Waals surface area contributed by atoms with E-state index in [0.29, 0.717) is 12.5 Å². The standard InChI is InChI=1S/C15H12F5N5O/c1-8(15(18,19)20)26-12-6-3-9(7-21-12)10-4-5-11-22-23-13(14(2,16)17)25(11)24-10/h3-8H,1-2H3. The fourth-order valence-electron chi connectivity index (χ4n) is 2.07. The maximum absolute atomic E-state index is 13.5. The number of hydrogen-bond acceptors (Lipinski definition) is 5. The number of hydrogen-bond donors (Lipinski definition) is 0. The third kappa shape index (κ3) is 3.55. The van der Waals surface area contributed by atoms with Crippen LogP contribution in [0.3, 0.4) is 0 Å². The van der Waals surface area contributed by atoms with Crippen molar-refractivity contribution < 1.29 is 26.7 Å². The van der Waals surface area contributed by atoms with Gasteiger partial charge in [0.05, 0.1) is 5.69 Å². The topological polar surface area (TPSA) is 65.2 Å². The third-order valence-electron chi connectivity index (χ3n) is 3.45. The van der Waals surface area contributed by atoms with Crippen LogP contribution in [0.5, 0.6) is 5.88 Å². The third-order valence-corrected chi connectivity index (χ3v) is 3.45. The first kappa shape index (κ1) is 18.0. The van der Waals surface area contributed by atoms with Crippen molar-refractivity contribution >= 4 is 5.65 Å². The van der Waals surface area contributed by atoms with Gasteiger partial charge in [0.1, 0.15) is 0 Å². The molecule has 0 spiro atoms. The van der Waals surface area contributed by atoms with Gasteiger partial charge in [-0.1, -0.05) is 0 Å². The lowest BCUT2D eigenvalue weighted by atomic mass is 10.2. The molecule has 0 amide bonds. The second-order valence-corrected chi connectivity index (χ2v) is 5.59. The molecule has 11 heteroatoms. The summed E-state index contributed by atoms with van der Waals surface area (Å²) in [6.45, 7) is 1.54. The predicted molar refractivity (Wildman–Crippen MR) is 79.7 cm³/mol. The zero-order valence-corrected chi connectivity index (χ0v) is 13.5. The molecule has 3 heterocycles. The number of aromatic nitrogens is 5. The maximum atomic E-state index is 13.5. The normalized spacial score (nSPS) is 13.8. The van der Waals surface area contributed by atoms with E-state index >= 15 is 0 Å². The molecule has 6 nitrogen and oxygen atoms in total. The molecule has 0 aromatic carbocycles. The summed E-state index contributed by atoms with van der Waals surface area (Å²) < 4.78 is 70.2. The fourth-order valence-corrected chi connectivity index (χ4v) is 2.07. The molecule has 138 valence electrons. The molecule has 0 bridgehead atoms. The lowest BCUT2D eigenvalue weighted by Crippen LogP contribution is -2.31. The average Bonchev–Trinajstić information content (AvgIpc) is 2.98. The summed E-state index contributed by atoms with van der Waals surface area (Å²) in [6.07, 6.45) is -5.29. The van der Waals surface area contributed by atoms with E-state index in [1.807, 2.05) is 0 Å². The van der Waals surface area contributed by atoms with E-state index < -0.39 is 24.0 Å². The SMILES string of the molecule is CC(Oc1ccc(-c2ccc3nnc(C(C)(F)F)n3n2)cn1)C(F)(F)F. The Morgan fingerprint density at radius 3 is 2.35 bits per heavy atom. The summed E-state index contributed by atoms with van der Waals surface area (Å²) in [6, 6.07) is 5.62. The Morgan fingerprint density at radius 1 is 1.04 bits per heavy atom. The van der Waals surface area contributed by atoms with E-state index in [1.54, 1.807) is 0 Å². The van der Waals surface area contributed by atoms with E-state index in [0.717, 1.165) is 11.4 Å². The van der Waals surface area contributed by atoms with Gasteiger partial charge in [-0.25, -0.2) is 4.98 Å². The van der Waals surface area contributed by atoms with Crippen LogP contribution in [-0.2, 0) is 5.92 Å². The van der Waals surface area contributed by atoms with Gasteiger partial charge in [0.25, 0.3) is 0 Å². The Kier molecular flexibility index (Phi) is 4.24. The minimum Gasteiger partial charge on any atom is -0.465 e. The molecular weight excluding hydrogens is 361 g/mol. The van der Waals surface area contributed by atoms with Crippen LogP contribution in [0.4, 0.5) is 22.0 Å². The quantitative estimate of drug-likeness (QED) is 0.654. The molecule has 3 aromatic heterocycles. The molecule has 0 N–H and O–H groups in total. The van der Waals surface area contributed by atoms with Crippen molar-refractivity contribution in [1.82, 2.24) is 24.8 Å². The van der Waals surface area contributed by atoms with Crippen LogP contribution in [-0.4, -0.2) is 37.1 Å². The van der Waals surface area contributed by atoms with Gasteiger partial charge >= 0.3 is 12.1 Å². The highest BCUT2D eigenvalue weighted by Crippen LogP contribution is 2.27. The van der Waals surface area contributed by atoms with Crippen LogP contribution < -0.4 is 4.74 Å². The van der Waals surface area contributed by atoms with Gasteiger partial charge in [0.2, 0.25) is 11.7 Å². The van der Waals surface area contributed by atoms with E-state index in [1.165, 1.54) is 30.5 Å². The Bertz CT molecular complexity index is 917. The lowest BCUT2D eigenvalue weighted by molar-refractivity contribution is -0.189. The number of ether oxygens (including phenoxy) is 1. The highest BCUT2D eigenvalue weighted by molar-refractivity contribution is 5.59. The molecule has 26 heavy (non-hydrogen) atoms. The molecule has 1 atom stereocenters. The maximum Gasteiger partial charge on any atom is 0.425 e. The number of rotatable bonds is 4. The van der Waals surface area contributed by atoms with Crippen molar-refractivity contribution in [3.8, 4) is 17.1 Å². The van der Waals surface area contributed by atoms with Crippen molar-refractivity contribution in [3.05, 3.63) is 36.3 Å². The molecule has 0 aliphatic carbocycles. The minimum atomic E-state index is -4.51. The number of alkyl halides is 5. The zero-order valence-electron chi connectivity index (χ0n) is 13.5. The van der Waals surface area contributed by atoms with Crippen molar-refractivity contribution in [1.29, 1.82) is 0 Å². The summed E-state index contributed by atoms with van der Waals surface area (Å²) in [5.41, 5.74) is 0.806. The highest BCUT2D eigenvalue weighted by atomic mass is 19.4. The Hall–Kier alpha value is -2.85. The second-order valence-electron chi connectivity index (χ2n) is 5.59. The Labute approximate surface area is 143 Å². The number of nitrogens with zero attached hydrogens (tertiary/aromatic N) is 5. The molecule has 1 unspecified atom stereocenters. The lowest BCUT2D eigenvalue weighted by Gasteiger charge is -2.16. The largest absolute Gasteiger partial charge is 0.465 e. The predicted octanol–water partition coefficient (Wildman–Crippen LogP) is 3.63. The average molecular weight is 373 g/mol. The first-order chi connectivity index (χ1) is 12.1. The van der Waals surface area contributed by atoms with Gasteiger partial charge in [-0.3, -0.25) is 0 Å². The van der Waals surface area contributed by atoms with Crippen LogP contribution in [0.2, 0.25) is 0 Å². The van der Waals surface area contributed by atoms with Gasteiger partial charge in [0.15, 0.2) is 11.8 Å². The van der Waals surface area contributed by atoms with Gasteiger partial charge in [-0.05, 0) is 25.1 Å². The first-order valence-corrected chi connectivity index (χ1v) is 7.36. The van der Waals surface area contributed by atoms with Gasteiger partial charge in [-0.2, -0.15) is 31.6 Å². The summed E-state index contributed by atoms with van der Waals surface area (Å²) >= 11 is 0. The number of fused-ring (bicyclic) bond motifs is 1. The molecule has 0 saturated heterocycles. The van der Waals surface area contributed by atoms with Crippen LogP contribution in [0, 0.1) is 0 Å². The molecule has 0 saturated carbocycles. The van der Waals surface area contributed by atoms with Crippen molar-refractivity contribution in [2.75, 3.05) is 0 Å². The van der Waals surface area contributed by atoms with E-state index in [2.05, 4.69) is 20.3 Å². The van der Waals surface area contributed by atoms with Crippen molar-refractivity contribution in [3.63, 3.8) is 0 Å². The summed E-state index contributed by atoms with van der Waals surface area (Å²) in [7, 11) is 0. The molecule has 0 radical (unpaired) electrons. The van der Waals surface area contributed by atoms with E-state index in [-0.39, 0.29) is 17.2 Å². The summed E-state index contributed by atoms with van der Waals surface area (Å²) in [5.74, 6) is -4.08. The molecule has 0 aliphatic rings. The molecule has 0 fully saturated rings. The van der Waals surface area contributed by atoms with Crippen molar-refractivity contribution in [2.24, 2.45) is 0 Å². The molecule has 0 aliphatic heterocycles. The fraction of sp³-hybridized carbons (Fsp3) is 0.333. The van der Waals surface area contributed by atoms with Gasteiger partial charge < -0.3 is 4.74 Å². The highest BCUT2D eigenvalue weighted by Gasteiger charge is 2.38.